The third kappa shape index (κ3) is 3.63. The van der Waals surface area contributed by atoms with Crippen LogP contribution in [0.5, 0.6) is 0 Å². The van der Waals surface area contributed by atoms with Crippen LogP contribution >= 0.6 is 11.8 Å². The minimum absolute atomic E-state index is 0.241. The monoisotopic (exact) mass is 382 g/mol. The van der Waals surface area contributed by atoms with E-state index in [0.29, 0.717) is 11.7 Å². The zero-order valence-electron chi connectivity index (χ0n) is 16.0. The van der Waals surface area contributed by atoms with Crippen LogP contribution in [0.15, 0.2) is 47.8 Å². The van der Waals surface area contributed by atoms with E-state index in [-0.39, 0.29) is 5.91 Å². The molecule has 6 heteroatoms. The number of imidazole rings is 1. The summed E-state index contributed by atoms with van der Waals surface area (Å²) >= 11 is 1.65. The van der Waals surface area contributed by atoms with E-state index in [9.17, 15) is 4.79 Å². The van der Waals surface area contributed by atoms with Crippen LogP contribution in [0.3, 0.4) is 0 Å². The molecule has 0 bridgehead atoms. The summed E-state index contributed by atoms with van der Waals surface area (Å²) in [7, 11) is 2.05. The average Bonchev–Trinajstić information content (AvgIpc) is 3.31. The average molecular weight is 383 g/mol. The van der Waals surface area contributed by atoms with Crippen molar-refractivity contribution < 1.29 is 4.79 Å². The standard InChI is InChI=1S/C21H26N4OS/c1-3-24-13-10-22-21(24)16-8-11-25(12-9-16)20(26)15-27-19-14-23(2)18-7-5-4-6-17(18)19/h4-7,10,13-14,16H,3,8-9,11-12,15H2,1-2H3. The first-order valence-electron chi connectivity index (χ1n) is 9.63. The van der Waals surface area contributed by atoms with Gasteiger partial charge in [0.25, 0.3) is 0 Å². The lowest BCUT2D eigenvalue weighted by molar-refractivity contribution is -0.129. The first-order chi connectivity index (χ1) is 13.2. The molecule has 0 N–H and O–H groups in total. The molecule has 3 aromatic rings. The Labute approximate surface area is 164 Å². The number of benzene rings is 1. The van der Waals surface area contributed by atoms with Crippen LogP contribution in [0.25, 0.3) is 10.9 Å². The van der Waals surface area contributed by atoms with E-state index in [4.69, 9.17) is 0 Å². The Kier molecular flexibility index (Phi) is 5.25. The van der Waals surface area contributed by atoms with Gasteiger partial charge in [-0.05, 0) is 25.8 Å². The van der Waals surface area contributed by atoms with Crippen molar-refractivity contribution in [2.24, 2.45) is 7.05 Å². The number of likely N-dealkylation sites (tertiary alicyclic amines) is 1. The molecule has 1 amide bonds. The van der Waals surface area contributed by atoms with Crippen molar-refractivity contribution in [3.8, 4) is 0 Å². The molecule has 0 radical (unpaired) electrons. The van der Waals surface area contributed by atoms with E-state index in [1.54, 1.807) is 11.8 Å². The number of carbonyl (C=O) groups excluding carboxylic acids is 1. The van der Waals surface area contributed by atoms with Gasteiger partial charge in [0, 0.05) is 67.0 Å². The Morgan fingerprint density at radius 2 is 2.04 bits per heavy atom. The van der Waals surface area contributed by atoms with Gasteiger partial charge in [0.2, 0.25) is 5.91 Å². The summed E-state index contributed by atoms with van der Waals surface area (Å²) in [6, 6.07) is 8.35. The number of para-hydroxylation sites is 1. The molecule has 0 aliphatic carbocycles. The zero-order chi connectivity index (χ0) is 18.8. The molecular formula is C21H26N4OS. The van der Waals surface area contributed by atoms with Gasteiger partial charge in [0.15, 0.2) is 0 Å². The highest BCUT2D eigenvalue weighted by Gasteiger charge is 2.26. The lowest BCUT2D eigenvalue weighted by Gasteiger charge is -2.31. The van der Waals surface area contributed by atoms with Crippen LogP contribution in [0.2, 0.25) is 0 Å². The van der Waals surface area contributed by atoms with E-state index >= 15 is 0 Å². The SMILES string of the molecule is CCn1ccnc1C1CCN(C(=O)CSc2cn(C)c3ccccc23)CC1. The Morgan fingerprint density at radius 3 is 2.81 bits per heavy atom. The number of rotatable bonds is 5. The molecule has 0 unspecified atom stereocenters. The largest absolute Gasteiger partial charge is 0.349 e. The van der Waals surface area contributed by atoms with Gasteiger partial charge in [0.05, 0.1) is 5.75 Å². The molecule has 3 heterocycles. The van der Waals surface area contributed by atoms with E-state index in [1.807, 2.05) is 17.3 Å². The van der Waals surface area contributed by atoms with Gasteiger partial charge in [-0.2, -0.15) is 0 Å². The normalized spacial score (nSPS) is 15.6. The first kappa shape index (κ1) is 18.2. The summed E-state index contributed by atoms with van der Waals surface area (Å²) in [6.07, 6.45) is 8.06. The maximum absolute atomic E-state index is 12.7. The molecule has 1 aliphatic rings. The molecule has 1 aliphatic heterocycles. The molecule has 1 fully saturated rings. The molecule has 0 atom stereocenters. The fourth-order valence-electron chi connectivity index (χ4n) is 3.99. The number of piperidine rings is 1. The predicted molar refractivity (Wildman–Crippen MR) is 110 cm³/mol. The number of aryl methyl sites for hydroxylation is 2. The van der Waals surface area contributed by atoms with Gasteiger partial charge in [-0.25, -0.2) is 4.98 Å². The highest BCUT2D eigenvalue weighted by Crippen LogP contribution is 2.31. The van der Waals surface area contributed by atoms with Gasteiger partial charge >= 0.3 is 0 Å². The topological polar surface area (TPSA) is 43.1 Å². The van der Waals surface area contributed by atoms with Crippen molar-refractivity contribution in [3.05, 3.63) is 48.7 Å². The molecule has 1 aromatic carbocycles. The number of hydrogen-bond acceptors (Lipinski definition) is 3. The fourth-order valence-corrected chi connectivity index (χ4v) is 5.01. The molecule has 27 heavy (non-hydrogen) atoms. The van der Waals surface area contributed by atoms with Crippen molar-refractivity contribution >= 4 is 28.6 Å². The molecule has 1 saturated heterocycles. The Morgan fingerprint density at radius 1 is 1.26 bits per heavy atom. The first-order valence-corrected chi connectivity index (χ1v) is 10.6. The van der Waals surface area contributed by atoms with Gasteiger partial charge < -0.3 is 14.0 Å². The van der Waals surface area contributed by atoms with Crippen LogP contribution in [0.4, 0.5) is 0 Å². The molecule has 2 aromatic heterocycles. The van der Waals surface area contributed by atoms with E-state index < -0.39 is 0 Å². The van der Waals surface area contributed by atoms with Crippen LogP contribution in [-0.2, 0) is 18.4 Å². The molecule has 4 rings (SSSR count). The molecule has 0 spiro atoms. The maximum Gasteiger partial charge on any atom is 0.232 e. The summed E-state index contributed by atoms with van der Waals surface area (Å²) in [5.74, 6) is 2.39. The Balaban J connectivity index is 1.34. The third-order valence-corrected chi connectivity index (χ3v) is 6.54. The van der Waals surface area contributed by atoms with Crippen LogP contribution in [0, 0.1) is 0 Å². The summed E-state index contributed by atoms with van der Waals surface area (Å²) in [6.45, 7) is 4.76. The number of amides is 1. The second-order valence-corrected chi connectivity index (χ2v) is 8.15. The van der Waals surface area contributed by atoms with Gasteiger partial charge in [-0.1, -0.05) is 18.2 Å². The molecule has 142 valence electrons. The predicted octanol–water partition coefficient (Wildman–Crippen LogP) is 3.89. The van der Waals surface area contributed by atoms with Gasteiger partial charge in [-0.3, -0.25) is 4.79 Å². The van der Waals surface area contributed by atoms with Crippen molar-refractivity contribution in [1.29, 1.82) is 0 Å². The van der Waals surface area contributed by atoms with E-state index in [2.05, 4.69) is 58.6 Å². The van der Waals surface area contributed by atoms with E-state index in [0.717, 1.165) is 32.5 Å². The smallest absolute Gasteiger partial charge is 0.232 e. The number of carbonyl (C=O) groups is 1. The second-order valence-electron chi connectivity index (χ2n) is 7.14. The number of thioether (sulfide) groups is 1. The number of aromatic nitrogens is 3. The summed E-state index contributed by atoms with van der Waals surface area (Å²) in [4.78, 5) is 20.5. The quantitative estimate of drug-likeness (QED) is 0.629. The third-order valence-electron chi connectivity index (χ3n) is 5.51. The van der Waals surface area contributed by atoms with Gasteiger partial charge in [0.1, 0.15) is 5.82 Å². The number of hydrogen-bond donors (Lipinski definition) is 0. The lowest BCUT2D eigenvalue weighted by atomic mass is 9.96. The highest BCUT2D eigenvalue weighted by molar-refractivity contribution is 8.00. The van der Waals surface area contributed by atoms with Crippen molar-refractivity contribution in [2.75, 3.05) is 18.8 Å². The second kappa shape index (κ2) is 7.80. The van der Waals surface area contributed by atoms with E-state index in [1.165, 1.54) is 21.6 Å². The molecule has 5 nitrogen and oxygen atoms in total. The van der Waals surface area contributed by atoms with Crippen LogP contribution in [0.1, 0.15) is 31.5 Å². The maximum atomic E-state index is 12.7. The molecular weight excluding hydrogens is 356 g/mol. The van der Waals surface area contributed by atoms with Crippen molar-refractivity contribution in [2.45, 2.75) is 37.1 Å². The van der Waals surface area contributed by atoms with Crippen LogP contribution in [-0.4, -0.2) is 43.8 Å². The van der Waals surface area contributed by atoms with Crippen molar-refractivity contribution in [1.82, 2.24) is 19.0 Å². The minimum Gasteiger partial charge on any atom is -0.349 e. The fraction of sp³-hybridized carbons (Fsp3) is 0.429. The Hall–Kier alpha value is -2.21. The zero-order valence-corrected chi connectivity index (χ0v) is 16.8. The number of nitrogens with zero attached hydrogens (tertiary/aromatic N) is 4. The summed E-state index contributed by atoms with van der Waals surface area (Å²) in [5.41, 5.74) is 1.21. The molecule has 0 saturated carbocycles. The summed E-state index contributed by atoms with van der Waals surface area (Å²) < 4.78 is 4.35. The van der Waals surface area contributed by atoms with Gasteiger partial charge in [-0.15, -0.1) is 11.8 Å². The highest BCUT2D eigenvalue weighted by atomic mass is 32.2. The van der Waals surface area contributed by atoms with Crippen LogP contribution < -0.4 is 0 Å². The lowest BCUT2D eigenvalue weighted by Crippen LogP contribution is -2.39. The number of fused-ring (bicyclic) bond motifs is 1. The Bertz CT molecular complexity index is 937. The minimum atomic E-state index is 0.241. The van der Waals surface area contributed by atoms with Crippen molar-refractivity contribution in [3.63, 3.8) is 0 Å². The summed E-state index contributed by atoms with van der Waals surface area (Å²) in [5, 5.41) is 1.22.